The van der Waals surface area contributed by atoms with Gasteiger partial charge in [0, 0.05) is 18.7 Å². The van der Waals surface area contributed by atoms with Crippen LogP contribution in [0.5, 0.6) is 0 Å². The SMILES string of the molecule is O=C(O)C1CCC(=O)N1CCSC(F)(F)F. The highest BCUT2D eigenvalue weighted by Gasteiger charge is 2.36. The molecular formula is C8H10F3NO3S. The lowest BCUT2D eigenvalue weighted by Crippen LogP contribution is -2.40. The van der Waals surface area contributed by atoms with Crippen LogP contribution in [0.4, 0.5) is 13.2 Å². The van der Waals surface area contributed by atoms with E-state index < -0.39 is 23.4 Å². The van der Waals surface area contributed by atoms with Gasteiger partial charge in [-0.15, -0.1) is 0 Å². The second-order valence-corrected chi connectivity index (χ2v) is 4.43. The second kappa shape index (κ2) is 4.94. The van der Waals surface area contributed by atoms with Gasteiger partial charge in [-0.1, -0.05) is 0 Å². The number of carboxylic acids is 1. The van der Waals surface area contributed by atoms with Gasteiger partial charge in [0.25, 0.3) is 0 Å². The van der Waals surface area contributed by atoms with Gasteiger partial charge in [0.2, 0.25) is 5.91 Å². The molecule has 1 heterocycles. The number of aliphatic carboxylic acids is 1. The zero-order valence-electron chi connectivity index (χ0n) is 8.16. The van der Waals surface area contributed by atoms with Crippen molar-refractivity contribution < 1.29 is 27.9 Å². The first kappa shape index (κ1) is 13.1. The van der Waals surface area contributed by atoms with Crippen LogP contribution in [0.1, 0.15) is 12.8 Å². The largest absolute Gasteiger partial charge is 0.480 e. The van der Waals surface area contributed by atoms with E-state index in [2.05, 4.69) is 0 Å². The smallest absolute Gasteiger partial charge is 0.441 e. The van der Waals surface area contributed by atoms with Crippen molar-refractivity contribution >= 4 is 23.6 Å². The number of carbonyl (C=O) groups is 2. The summed E-state index contributed by atoms with van der Waals surface area (Å²) in [5.74, 6) is -1.89. The molecule has 0 bridgehead atoms. The molecule has 1 amide bonds. The van der Waals surface area contributed by atoms with Crippen molar-refractivity contribution in [3.05, 3.63) is 0 Å². The third-order valence-electron chi connectivity index (χ3n) is 2.21. The summed E-state index contributed by atoms with van der Waals surface area (Å²) < 4.78 is 35.5. The summed E-state index contributed by atoms with van der Waals surface area (Å²) in [5, 5.41) is 8.74. The van der Waals surface area contributed by atoms with E-state index in [0.29, 0.717) is 0 Å². The lowest BCUT2D eigenvalue weighted by Gasteiger charge is -2.21. The number of hydrogen-bond acceptors (Lipinski definition) is 3. The summed E-state index contributed by atoms with van der Waals surface area (Å²) in [6, 6.07) is -0.971. The monoisotopic (exact) mass is 257 g/mol. The summed E-state index contributed by atoms with van der Waals surface area (Å²) in [4.78, 5) is 22.9. The molecule has 0 saturated carbocycles. The molecule has 0 spiro atoms. The molecule has 8 heteroatoms. The molecule has 1 aliphatic rings. The minimum absolute atomic E-state index is 0.0909. The Morgan fingerprint density at radius 1 is 1.56 bits per heavy atom. The van der Waals surface area contributed by atoms with E-state index in [9.17, 15) is 22.8 Å². The standard InChI is InChI=1S/C8H10F3NO3S/c9-8(10,11)16-4-3-12-5(7(14)15)1-2-6(12)13/h5H,1-4H2,(H,14,15). The number of hydrogen-bond donors (Lipinski definition) is 1. The van der Waals surface area contributed by atoms with Crippen LogP contribution in [0.15, 0.2) is 0 Å². The number of nitrogens with zero attached hydrogens (tertiary/aromatic N) is 1. The molecule has 1 unspecified atom stereocenters. The average Bonchev–Trinajstić information content (AvgIpc) is 2.46. The topological polar surface area (TPSA) is 57.6 Å². The van der Waals surface area contributed by atoms with Crippen LogP contribution in [-0.2, 0) is 9.59 Å². The highest BCUT2D eigenvalue weighted by Crippen LogP contribution is 2.30. The first-order chi connectivity index (χ1) is 7.31. The maximum atomic E-state index is 11.8. The summed E-state index contributed by atoms with van der Waals surface area (Å²) in [5.41, 5.74) is -4.35. The van der Waals surface area contributed by atoms with Gasteiger partial charge in [-0.3, -0.25) is 4.79 Å². The van der Waals surface area contributed by atoms with Gasteiger partial charge >= 0.3 is 11.5 Å². The Morgan fingerprint density at radius 2 is 2.19 bits per heavy atom. The highest BCUT2D eigenvalue weighted by molar-refractivity contribution is 8.00. The molecule has 0 radical (unpaired) electrons. The quantitative estimate of drug-likeness (QED) is 0.825. The number of carbonyl (C=O) groups excluding carboxylic acids is 1. The maximum Gasteiger partial charge on any atom is 0.441 e. The predicted octanol–water partition coefficient (Wildman–Crippen LogP) is 1.31. The van der Waals surface area contributed by atoms with Gasteiger partial charge < -0.3 is 10.0 Å². The Bertz CT molecular complexity index is 295. The maximum absolute atomic E-state index is 11.8. The van der Waals surface area contributed by atoms with Crippen LogP contribution in [0.2, 0.25) is 0 Å². The van der Waals surface area contributed by atoms with E-state index in [0.717, 1.165) is 4.90 Å². The van der Waals surface area contributed by atoms with Crippen molar-refractivity contribution in [2.45, 2.75) is 24.4 Å². The van der Waals surface area contributed by atoms with Gasteiger partial charge in [-0.25, -0.2) is 4.79 Å². The van der Waals surface area contributed by atoms with E-state index in [4.69, 9.17) is 5.11 Å². The molecule has 1 saturated heterocycles. The van der Waals surface area contributed by atoms with E-state index in [1.165, 1.54) is 0 Å². The highest BCUT2D eigenvalue weighted by atomic mass is 32.2. The van der Waals surface area contributed by atoms with Crippen molar-refractivity contribution in [1.29, 1.82) is 0 Å². The van der Waals surface area contributed by atoms with Crippen molar-refractivity contribution in [2.24, 2.45) is 0 Å². The number of rotatable bonds is 4. The molecule has 92 valence electrons. The molecule has 4 nitrogen and oxygen atoms in total. The molecule has 0 aromatic rings. The summed E-state index contributed by atoms with van der Waals surface area (Å²) in [6.45, 7) is -0.181. The first-order valence-corrected chi connectivity index (χ1v) is 5.53. The molecule has 0 aromatic carbocycles. The molecular weight excluding hydrogens is 247 g/mol. The van der Waals surface area contributed by atoms with Crippen molar-refractivity contribution in [1.82, 2.24) is 4.90 Å². The van der Waals surface area contributed by atoms with Gasteiger partial charge in [-0.05, 0) is 18.2 Å². The van der Waals surface area contributed by atoms with Crippen molar-refractivity contribution in [3.63, 3.8) is 0 Å². The summed E-state index contributed by atoms with van der Waals surface area (Å²) in [7, 11) is 0. The fraction of sp³-hybridized carbons (Fsp3) is 0.750. The minimum atomic E-state index is -4.35. The Balaban J connectivity index is 2.45. The van der Waals surface area contributed by atoms with Gasteiger partial charge in [-0.2, -0.15) is 13.2 Å². The van der Waals surface area contributed by atoms with E-state index >= 15 is 0 Å². The molecule has 1 atom stereocenters. The lowest BCUT2D eigenvalue weighted by molar-refractivity contribution is -0.146. The number of thioether (sulfide) groups is 1. The van der Waals surface area contributed by atoms with Crippen molar-refractivity contribution in [3.8, 4) is 0 Å². The molecule has 0 aromatic heterocycles. The Labute approximate surface area is 93.8 Å². The van der Waals surface area contributed by atoms with Crippen LogP contribution in [-0.4, -0.2) is 45.7 Å². The normalized spacial score (nSPS) is 21.6. The number of carboxylic acid groups (broad SMARTS) is 1. The molecule has 1 fully saturated rings. The van der Waals surface area contributed by atoms with Crippen molar-refractivity contribution in [2.75, 3.05) is 12.3 Å². The van der Waals surface area contributed by atoms with Crippen LogP contribution in [0, 0.1) is 0 Å². The third kappa shape index (κ3) is 3.58. The first-order valence-electron chi connectivity index (χ1n) is 4.54. The molecule has 16 heavy (non-hydrogen) atoms. The fourth-order valence-corrected chi connectivity index (χ4v) is 2.05. The summed E-state index contributed by atoms with van der Waals surface area (Å²) in [6.07, 6.45) is 0.262. The minimum Gasteiger partial charge on any atom is -0.480 e. The number of amides is 1. The number of likely N-dealkylation sites (tertiary alicyclic amines) is 1. The lowest BCUT2D eigenvalue weighted by atomic mass is 10.2. The number of alkyl halides is 3. The van der Waals surface area contributed by atoms with E-state index in [1.807, 2.05) is 0 Å². The van der Waals surface area contributed by atoms with Crippen LogP contribution in [0.3, 0.4) is 0 Å². The van der Waals surface area contributed by atoms with Gasteiger partial charge in [0.05, 0.1) is 0 Å². The zero-order chi connectivity index (χ0) is 12.3. The van der Waals surface area contributed by atoms with E-state index in [1.54, 1.807) is 0 Å². The third-order valence-corrected chi connectivity index (χ3v) is 2.93. The zero-order valence-corrected chi connectivity index (χ0v) is 8.98. The molecule has 1 rings (SSSR count). The Kier molecular flexibility index (Phi) is 4.06. The second-order valence-electron chi connectivity index (χ2n) is 3.27. The Morgan fingerprint density at radius 3 is 2.69 bits per heavy atom. The van der Waals surface area contributed by atoms with E-state index in [-0.39, 0.29) is 36.9 Å². The van der Waals surface area contributed by atoms with Gasteiger partial charge in [0.15, 0.2) is 0 Å². The van der Waals surface area contributed by atoms with Crippen LogP contribution >= 0.6 is 11.8 Å². The predicted molar refractivity (Wildman–Crippen MR) is 50.9 cm³/mol. The molecule has 1 aliphatic heterocycles. The average molecular weight is 257 g/mol. The van der Waals surface area contributed by atoms with Gasteiger partial charge in [0.1, 0.15) is 6.04 Å². The Hall–Kier alpha value is -0.920. The summed E-state index contributed by atoms with van der Waals surface area (Å²) >= 11 is -0.251. The number of halogens is 3. The van der Waals surface area contributed by atoms with Crippen LogP contribution in [0.25, 0.3) is 0 Å². The van der Waals surface area contributed by atoms with Crippen LogP contribution < -0.4 is 0 Å². The fourth-order valence-electron chi connectivity index (χ4n) is 1.53. The molecule has 0 aliphatic carbocycles. The molecule has 1 N–H and O–H groups in total.